The van der Waals surface area contributed by atoms with Gasteiger partial charge in [-0.05, 0) is 37.6 Å². The molecule has 0 aliphatic rings. The van der Waals surface area contributed by atoms with E-state index in [-0.39, 0.29) is 11.3 Å². The van der Waals surface area contributed by atoms with Gasteiger partial charge >= 0.3 is 0 Å². The summed E-state index contributed by atoms with van der Waals surface area (Å²) in [7, 11) is 0. The molecule has 1 aromatic heterocycles. The Hall–Kier alpha value is -2.86. The molecular formula is C18H17N3O2S. The number of aromatic nitrogens is 1. The van der Waals surface area contributed by atoms with E-state index in [1.54, 1.807) is 30.6 Å². The van der Waals surface area contributed by atoms with Crippen molar-refractivity contribution < 1.29 is 9.90 Å². The monoisotopic (exact) mass is 339 g/mol. The van der Waals surface area contributed by atoms with Gasteiger partial charge in [0.1, 0.15) is 10.7 Å². The first-order chi connectivity index (χ1) is 11.5. The number of hydrogen-bond donors (Lipinski definition) is 2. The van der Waals surface area contributed by atoms with E-state index in [4.69, 9.17) is 12.2 Å². The van der Waals surface area contributed by atoms with Gasteiger partial charge in [0.2, 0.25) is 0 Å². The van der Waals surface area contributed by atoms with E-state index in [1.165, 1.54) is 13.1 Å². The second-order valence-corrected chi connectivity index (χ2v) is 5.45. The summed E-state index contributed by atoms with van der Waals surface area (Å²) in [5.41, 5.74) is 2.36. The van der Waals surface area contributed by atoms with Gasteiger partial charge in [-0.3, -0.25) is 9.78 Å². The van der Waals surface area contributed by atoms with Crippen LogP contribution in [0.25, 0.3) is 0 Å². The molecule has 1 amide bonds. The number of rotatable bonds is 4. The zero-order valence-corrected chi connectivity index (χ0v) is 14.2. The van der Waals surface area contributed by atoms with Gasteiger partial charge in [0.05, 0.1) is 5.57 Å². The molecule has 0 bridgehead atoms. The van der Waals surface area contributed by atoms with Crippen molar-refractivity contribution in [1.29, 1.82) is 0 Å². The minimum atomic E-state index is -0.453. The molecule has 0 fully saturated rings. The minimum Gasteiger partial charge on any atom is -0.512 e. The lowest BCUT2D eigenvalue weighted by atomic mass is 10.1. The van der Waals surface area contributed by atoms with Crippen molar-refractivity contribution in [3.05, 3.63) is 71.3 Å². The van der Waals surface area contributed by atoms with Crippen LogP contribution in [0.3, 0.4) is 0 Å². The lowest BCUT2D eigenvalue weighted by molar-refractivity contribution is -0.112. The van der Waals surface area contributed by atoms with E-state index in [2.05, 4.69) is 15.3 Å². The number of benzene rings is 1. The Morgan fingerprint density at radius 2 is 1.92 bits per heavy atom. The van der Waals surface area contributed by atoms with Gasteiger partial charge in [-0.1, -0.05) is 30.4 Å². The zero-order chi connectivity index (χ0) is 17.5. The van der Waals surface area contributed by atoms with Crippen molar-refractivity contribution in [2.75, 3.05) is 5.32 Å². The normalized spacial score (nSPS) is 11.9. The molecule has 0 spiro atoms. The van der Waals surface area contributed by atoms with Crippen LogP contribution >= 0.6 is 12.2 Å². The third-order valence-corrected chi connectivity index (χ3v) is 3.61. The fourth-order valence-corrected chi connectivity index (χ4v) is 2.10. The maximum absolute atomic E-state index is 12.4. The number of para-hydroxylation sites is 1. The smallest absolute Gasteiger partial charge is 0.260 e. The summed E-state index contributed by atoms with van der Waals surface area (Å²) < 4.78 is 0. The van der Waals surface area contributed by atoms with Crippen molar-refractivity contribution in [2.24, 2.45) is 4.99 Å². The number of anilines is 1. The molecule has 24 heavy (non-hydrogen) atoms. The summed E-state index contributed by atoms with van der Waals surface area (Å²) in [6.07, 6.45) is 4.48. The van der Waals surface area contributed by atoms with Crippen LogP contribution in [-0.4, -0.2) is 27.2 Å². The number of carbonyl (C=O) groups is 1. The molecular weight excluding hydrogens is 322 g/mol. The van der Waals surface area contributed by atoms with E-state index < -0.39 is 5.91 Å². The Morgan fingerprint density at radius 3 is 2.54 bits per heavy atom. The largest absolute Gasteiger partial charge is 0.512 e. The van der Waals surface area contributed by atoms with Crippen molar-refractivity contribution in [3.63, 3.8) is 0 Å². The summed E-state index contributed by atoms with van der Waals surface area (Å²) in [5, 5.41) is 12.5. The van der Waals surface area contributed by atoms with E-state index in [9.17, 15) is 9.90 Å². The number of aliphatic hydroxyl groups excluding tert-OH is 1. The van der Waals surface area contributed by atoms with Crippen LogP contribution in [0.1, 0.15) is 18.1 Å². The van der Waals surface area contributed by atoms with Crippen molar-refractivity contribution >= 4 is 35.0 Å². The average molecular weight is 339 g/mol. The Labute approximate surface area is 145 Å². The molecule has 1 aromatic carbocycles. The maximum atomic E-state index is 12.4. The van der Waals surface area contributed by atoms with Crippen LogP contribution in [0.4, 0.5) is 5.69 Å². The molecule has 0 atom stereocenters. The Kier molecular flexibility index (Phi) is 5.92. The highest BCUT2D eigenvalue weighted by Gasteiger charge is 2.12. The highest BCUT2D eigenvalue weighted by molar-refractivity contribution is 7.80. The maximum Gasteiger partial charge on any atom is 0.260 e. The number of hydrogen-bond acceptors (Lipinski definition) is 4. The summed E-state index contributed by atoms with van der Waals surface area (Å²) in [4.78, 5) is 20.7. The number of allylic oxidation sites excluding steroid dienone is 1. The number of aliphatic hydroxyl groups is 1. The molecule has 0 radical (unpaired) electrons. The summed E-state index contributed by atoms with van der Waals surface area (Å²) in [6, 6.07) is 10.8. The Bertz CT molecular complexity index is 810. The van der Waals surface area contributed by atoms with Crippen LogP contribution in [0.5, 0.6) is 0 Å². The molecule has 2 aromatic rings. The van der Waals surface area contributed by atoms with Gasteiger partial charge in [-0.2, -0.15) is 0 Å². The fourth-order valence-electron chi connectivity index (χ4n) is 1.91. The van der Waals surface area contributed by atoms with Gasteiger partial charge in [-0.15, -0.1) is 0 Å². The van der Waals surface area contributed by atoms with E-state index in [0.29, 0.717) is 16.2 Å². The predicted molar refractivity (Wildman–Crippen MR) is 99.6 cm³/mol. The number of carbonyl (C=O) groups excluding carboxylic acids is 1. The average Bonchev–Trinajstić information content (AvgIpc) is 2.57. The molecule has 2 rings (SSSR count). The van der Waals surface area contributed by atoms with Crippen molar-refractivity contribution in [1.82, 2.24) is 4.98 Å². The molecule has 2 N–H and O–H groups in total. The first-order valence-electron chi connectivity index (χ1n) is 7.24. The van der Waals surface area contributed by atoms with Crippen LogP contribution in [0.2, 0.25) is 0 Å². The molecule has 0 saturated carbocycles. The van der Waals surface area contributed by atoms with Crippen molar-refractivity contribution in [3.8, 4) is 0 Å². The number of aryl methyl sites for hydroxylation is 1. The number of pyridine rings is 1. The van der Waals surface area contributed by atoms with Crippen molar-refractivity contribution in [2.45, 2.75) is 13.8 Å². The third-order valence-electron chi connectivity index (χ3n) is 3.27. The van der Waals surface area contributed by atoms with Crippen LogP contribution in [0, 0.1) is 6.92 Å². The minimum absolute atomic E-state index is 0.0506. The van der Waals surface area contributed by atoms with Crippen LogP contribution in [0.15, 0.2) is 65.1 Å². The van der Waals surface area contributed by atoms with Gasteiger partial charge in [0.25, 0.3) is 5.91 Å². The third kappa shape index (κ3) is 4.57. The quantitative estimate of drug-likeness (QED) is 0.386. The molecule has 0 saturated heterocycles. The second-order valence-electron chi connectivity index (χ2n) is 5.07. The molecule has 0 aliphatic heterocycles. The highest BCUT2D eigenvalue weighted by atomic mass is 32.1. The molecule has 1 heterocycles. The lowest BCUT2D eigenvalue weighted by Crippen LogP contribution is -2.18. The first-order valence-corrected chi connectivity index (χ1v) is 7.65. The predicted octanol–water partition coefficient (Wildman–Crippen LogP) is 3.61. The van der Waals surface area contributed by atoms with Gasteiger partial charge in [-0.25, -0.2) is 4.99 Å². The summed E-state index contributed by atoms with van der Waals surface area (Å²) in [5.74, 6) is -0.590. The Balaban J connectivity index is 2.17. The molecule has 0 aliphatic carbocycles. The standard InChI is InChI=1S/C18H17N3O2S/c1-12-5-3-4-6-16(12)21-17(23)15(13(2)22)11-20-18(24)14-7-9-19-10-8-14/h3-11,22H,1-2H3,(H,21,23)/b15-13-,20-11?. The molecule has 0 unspecified atom stereocenters. The van der Waals surface area contributed by atoms with E-state index >= 15 is 0 Å². The SMILES string of the molecule is C/C(O)=C(\C=NC(=S)c1ccncc1)C(=O)Nc1ccccc1C. The highest BCUT2D eigenvalue weighted by Crippen LogP contribution is 2.14. The number of nitrogens with one attached hydrogen (secondary N) is 1. The van der Waals surface area contributed by atoms with Crippen LogP contribution in [-0.2, 0) is 4.79 Å². The second kappa shape index (κ2) is 8.12. The number of amides is 1. The fraction of sp³-hybridized carbons (Fsp3) is 0.111. The zero-order valence-electron chi connectivity index (χ0n) is 13.4. The van der Waals surface area contributed by atoms with Gasteiger partial charge in [0.15, 0.2) is 0 Å². The Morgan fingerprint density at radius 1 is 1.25 bits per heavy atom. The topological polar surface area (TPSA) is 74.6 Å². The summed E-state index contributed by atoms with van der Waals surface area (Å²) >= 11 is 5.20. The number of thiocarbonyl (C=S) groups is 1. The molecule has 122 valence electrons. The molecule has 6 heteroatoms. The molecule has 5 nitrogen and oxygen atoms in total. The number of nitrogens with zero attached hydrogens (tertiary/aromatic N) is 2. The van der Waals surface area contributed by atoms with E-state index in [0.717, 1.165) is 5.56 Å². The van der Waals surface area contributed by atoms with Gasteiger partial charge in [0, 0.05) is 29.9 Å². The van der Waals surface area contributed by atoms with Crippen LogP contribution < -0.4 is 5.32 Å². The number of aliphatic imine (C=N–C) groups is 1. The first kappa shape index (κ1) is 17.5. The van der Waals surface area contributed by atoms with E-state index in [1.807, 2.05) is 25.1 Å². The summed E-state index contributed by atoms with van der Waals surface area (Å²) in [6.45, 7) is 3.31. The lowest BCUT2D eigenvalue weighted by Gasteiger charge is -2.09. The van der Waals surface area contributed by atoms with Gasteiger partial charge < -0.3 is 10.4 Å².